The second-order valence-electron chi connectivity index (χ2n) is 5.73. The van der Waals surface area contributed by atoms with Gasteiger partial charge in [-0.25, -0.2) is 0 Å². The molecule has 0 heterocycles. The Bertz CT molecular complexity index is 206. The third-order valence-electron chi connectivity index (χ3n) is 3.15. The molecule has 0 saturated carbocycles. The lowest BCUT2D eigenvalue weighted by Crippen LogP contribution is -2.43. The highest BCUT2D eigenvalue weighted by atomic mass is 28.4. The predicted molar refractivity (Wildman–Crippen MR) is 68.6 cm³/mol. The fourth-order valence-electron chi connectivity index (χ4n) is 1.16. The Morgan fingerprint density at radius 1 is 1.40 bits per heavy atom. The zero-order valence-corrected chi connectivity index (χ0v) is 12.0. The van der Waals surface area contributed by atoms with Gasteiger partial charge in [-0.05, 0) is 25.1 Å². The van der Waals surface area contributed by atoms with Crippen molar-refractivity contribution in [3.8, 4) is 0 Å². The van der Waals surface area contributed by atoms with Gasteiger partial charge in [-0.1, -0.05) is 26.8 Å². The van der Waals surface area contributed by atoms with Crippen LogP contribution in [-0.4, -0.2) is 25.6 Å². The maximum absolute atomic E-state index is 9.45. The number of aliphatic hydroxyl groups excluding tert-OH is 1. The molecule has 90 valence electrons. The molecule has 2 nitrogen and oxygen atoms in total. The lowest BCUT2D eigenvalue weighted by Gasteiger charge is -2.38. The van der Waals surface area contributed by atoms with E-state index in [1.165, 1.54) is 0 Å². The molecule has 0 aliphatic rings. The molecular weight excluding hydrogens is 204 g/mol. The molecule has 3 heteroatoms. The molecule has 0 aromatic carbocycles. The van der Waals surface area contributed by atoms with Crippen molar-refractivity contribution in [2.45, 2.75) is 64.5 Å². The molecule has 0 aromatic rings. The highest BCUT2D eigenvalue weighted by Crippen LogP contribution is 2.37. The first kappa shape index (κ1) is 14.9. The molecule has 2 atom stereocenters. The van der Waals surface area contributed by atoms with E-state index in [1.54, 1.807) is 6.08 Å². The Balaban J connectivity index is 4.28. The standard InChI is InChI=1S/C12H26O2Si/c1-8-11(13)9-10(2)14-15(6,7)12(3,4)5/h8,10-11,13H,1,9H2,2-7H3/t10-,11-/m1/s1. The first-order chi connectivity index (χ1) is 6.60. The summed E-state index contributed by atoms with van der Waals surface area (Å²) in [5.74, 6) is 0. The van der Waals surface area contributed by atoms with Gasteiger partial charge in [0.05, 0.1) is 6.10 Å². The van der Waals surface area contributed by atoms with Crippen LogP contribution in [0.4, 0.5) is 0 Å². The number of hydrogen-bond donors (Lipinski definition) is 1. The van der Waals surface area contributed by atoms with Gasteiger partial charge in [-0.15, -0.1) is 6.58 Å². The molecule has 0 bridgehead atoms. The Morgan fingerprint density at radius 2 is 1.87 bits per heavy atom. The summed E-state index contributed by atoms with van der Waals surface area (Å²) in [6.45, 7) is 16.7. The van der Waals surface area contributed by atoms with Crippen LogP contribution in [0.25, 0.3) is 0 Å². The van der Waals surface area contributed by atoms with Gasteiger partial charge in [-0.3, -0.25) is 0 Å². The van der Waals surface area contributed by atoms with E-state index in [0.29, 0.717) is 6.42 Å². The van der Waals surface area contributed by atoms with Crippen LogP contribution in [0.5, 0.6) is 0 Å². The molecule has 0 aliphatic carbocycles. The van der Waals surface area contributed by atoms with Gasteiger partial charge in [0, 0.05) is 12.5 Å². The summed E-state index contributed by atoms with van der Waals surface area (Å²) in [6, 6.07) is 0. The van der Waals surface area contributed by atoms with Crippen LogP contribution in [0.2, 0.25) is 18.1 Å². The van der Waals surface area contributed by atoms with Gasteiger partial charge in [-0.2, -0.15) is 0 Å². The SMILES string of the molecule is C=C[C@@H](O)C[C@@H](C)O[Si](C)(C)C(C)(C)C. The average molecular weight is 230 g/mol. The summed E-state index contributed by atoms with van der Waals surface area (Å²) in [7, 11) is -1.69. The molecule has 0 fully saturated rings. The van der Waals surface area contributed by atoms with Crippen LogP contribution < -0.4 is 0 Å². The second kappa shape index (κ2) is 5.28. The van der Waals surface area contributed by atoms with Crippen molar-refractivity contribution in [1.29, 1.82) is 0 Å². The minimum atomic E-state index is -1.69. The van der Waals surface area contributed by atoms with Crippen LogP contribution in [0.1, 0.15) is 34.1 Å². The largest absolute Gasteiger partial charge is 0.414 e. The van der Waals surface area contributed by atoms with Gasteiger partial charge >= 0.3 is 0 Å². The molecule has 0 spiro atoms. The molecule has 0 aliphatic heterocycles. The molecular formula is C12H26O2Si. The molecule has 0 aromatic heterocycles. The normalized spacial score (nSPS) is 17.3. The van der Waals surface area contributed by atoms with E-state index in [-0.39, 0.29) is 11.1 Å². The van der Waals surface area contributed by atoms with Crippen LogP contribution >= 0.6 is 0 Å². The predicted octanol–water partition coefficient (Wildman–Crippen LogP) is 3.33. The van der Waals surface area contributed by atoms with Crippen LogP contribution in [0, 0.1) is 0 Å². The van der Waals surface area contributed by atoms with E-state index in [4.69, 9.17) is 4.43 Å². The average Bonchev–Trinajstić information content (AvgIpc) is 2.00. The number of rotatable bonds is 5. The van der Waals surface area contributed by atoms with E-state index in [1.807, 2.05) is 6.92 Å². The molecule has 0 saturated heterocycles. The molecule has 0 radical (unpaired) electrons. The van der Waals surface area contributed by atoms with Crippen molar-refractivity contribution in [1.82, 2.24) is 0 Å². The zero-order chi connectivity index (χ0) is 12.3. The molecule has 0 rings (SSSR count). The molecule has 0 amide bonds. The minimum Gasteiger partial charge on any atom is -0.414 e. The van der Waals surface area contributed by atoms with E-state index < -0.39 is 14.4 Å². The second-order valence-corrected chi connectivity index (χ2v) is 10.5. The molecule has 1 N–H and O–H groups in total. The monoisotopic (exact) mass is 230 g/mol. The van der Waals surface area contributed by atoms with Gasteiger partial charge < -0.3 is 9.53 Å². The van der Waals surface area contributed by atoms with Crippen LogP contribution in [-0.2, 0) is 4.43 Å². The van der Waals surface area contributed by atoms with Gasteiger partial charge in [0.15, 0.2) is 8.32 Å². The maximum atomic E-state index is 9.45. The van der Waals surface area contributed by atoms with Crippen molar-refractivity contribution < 1.29 is 9.53 Å². The van der Waals surface area contributed by atoms with Crippen molar-refractivity contribution >= 4 is 8.32 Å². The van der Waals surface area contributed by atoms with Crippen LogP contribution in [0.3, 0.4) is 0 Å². The van der Waals surface area contributed by atoms with E-state index in [9.17, 15) is 5.11 Å². The Hall–Kier alpha value is -0.123. The first-order valence-corrected chi connectivity index (χ1v) is 8.49. The Labute approximate surface area is 95.5 Å². The smallest absolute Gasteiger partial charge is 0.192 e. The first-order valence-electron chi connectivity index (χ1n) is 5.58. The number of hydrogen-bond acceptors (Lipinski definition) is 2. The summed E-state index contributed by atoms with van der Waals surface area (Å²) in [5, 5.41) is 9.67. The fourth-order valence-corrected chi connectivity index (χ4v) is 2.62. The van der Waals surface area contributed by atoms with Gasteiger partial charge in [0.25, 0.3) is 0 Å². The topological polar surface area (TPSA) is 29.5 Å². The Morgan fingerprint density at radius 3 is 2.20 bits per heavy atom. The van der Waals surface area contributed by atoms with Crippen molar-refractivity contribution in [2.75, 3.05) is 0 Å². The summed E-state index contributed by atoms with van der Waals surface area (Å²) in [5.41, 5.74) is 0. The molecule has 0 unspecified atom stereocenters. The van der Waals surface area contributed by atoms with Crippen molar-refractivity contribution in [2.24, 2.45) is 0 Å². The quantitative estimate of drug-likeness (QED) is 0.580. The zero-order valence-electron chi connectivity index (χ0n) is 11.0. The van der Waals surface area contributed by atoms with E-state index >= 15 is 0 Å². The van der Waals surface area contributed by atoms with E-state index in [0.717, 1.165) is 0 Å². The maximum Gasteiger partial charge on any atom is 0.192 e. The highest BCUT2D eigenvalue weighted by Gasteiger charge is 2.38. The lowest BCUT2D eigenvalue weighted by molar-refractivity contribution is 0.122. The summed E-state index contributed by atoms with van der Waals surface area (Å²) in [6.07, 6.45) is 1.84. The van der Waals surface area contributed by atoms with Crippen LogP contribution in [0.15, 0.2) is 12.7 Å². The van der Waals surface area contributed by atoms with Gasteiger partial charge in [0.2, 0.25) is 0 Å². The van der Waals surface area contributed by atoms with E-state index in [2.05, 4.69) is 40.4 Å². The molecule has 15 heavy (non-hydrogen) atoms. The van der Waals surface area contributed by atoms with Gasteiger partial charge in [0.1, 0.15) is 0 Å². The lowest BCUT2D eigenvalue weighted by atomic mass is 10.2. The number of aliphatic hydroxyl groups is 1. The summed E-state index contributed by atoms with van der Waals surface area (Å²) >= 11 is 0. The third kappa shape index (κ3) is 4.95. The fraction of sp³-hybridized carbons (Fsp3) is 0.833. The van der Waals surface area contributed by atoms with Crippen molar-refractivity contribution in [3.05, 3.63) is 12.7 Å². The summed E-state index contributed by atoms with van der Waals surface area (Å²) in [4.78, 5) is 0. The third-order valence-corrected chi connectivity index (χ3v) is 7.75. The Kier molecular flexibility index (Phi) is 5.24. The van der Waals surface area contributed by atoms with Crippen molar-refractivity contribution in [3.63, 3.8) is 0 Å². The summed E-state index contributed by atoms with van der Waals surface area (Å²) < 4.78 is 6.11. The highest BCUT2D eigenvalue weighted by molar-refractivity contribution is 6.74. The minimum absolute atomic E-state index is 0.0962.